The molecule has 0 aliphatic rings. The summed E-state index contributed by atoms with van der Waals surface area (Å²) in [5.74, 6) is 2.45. The summed E-state index contributed by atoms with van der Waals surface area (Å²) < 4.78 is 5.33. The van der Waals surface area contributed by atoms with Crippen LogP contribution in [0.5, 0.6) is 5.75 Å². The Morgan fingerprint density at radius 1 is 1.22 bits per heavy atom. The normalized spacial score (nSPS) is 9.70. The molecule has 0 fully saturated rings. The number of amides is 1. The Hall–Kier alpha value is -3.33. The van der Waals surface area contributed by atoms with E-state index in [1.807, 2.05) is 0 Å². The summed E-state index contributed by atoms with van der Waals surface area (Å²) in [5.41, 5.74) is 1.14. The summed E-state index contributed by atoms with van der Waals surface area (Å²) in [6.07, 6.45) is 5.15. The Balaban J connectivity index is 2.02. The monoisotopic (exact) mass is 310 g/mol. The third-order valence-electron chi connectivity index (χ3n) is 3.04. The van der Waals surface area contributed by atoms with Gasteiger partial charge in [-0.2, -0.15) is 0 Å². The highest BCUT2D eigenvalue weighted by Gasteiger charge is 2.12. The second kappa shape index (κ2) is 7.61. The van der Waals surface area contributed by atoms with Crippen molar-refractivity contribution < 1.29 is 14.5 Å². The number of rotatable bonds is 6. The van der Waals surface area contributed by atoms with E-state index in [1.54, 1.807) is 36.4 Å². The maximum absolute atomic E-state index is 12.2. The van der Waals surface area contributed by atoms with E-state index >= 15 is 0 Å². The van der Waals surface area contributed by atoms with Gasteiger partial charge in [-0.3, -0.25) is 14.9 Å². The molecule has 6 heteroatoms. The minimum atomic E-state index is -0.471. The zero-order valence-electron chi connectivity index (χ0n) is 12.2. The summed E-state index contributed by atoms with van der Waals surface area (Å²) in [7, 11) is 0. The molecule has 2 rings (SSSR count). The van der Waals surface area contributed by atoms with Crippen LogP contribution in [0.2, 0.25) is 0 Å². The molecule has 1 amide bonds. The van der Waals surface area contributed by atoms with Crippen LogP contribution >= 0.6 is 0 Å². The van der Waals surface area contributed by atoms with E-state index in [1.165, 1.54) is 12.1 Å². The molecule has 1 N–H and O–H groups in total. The van der Waals surface area contributed by atoms with Crippen LogP contribution in [-0.2, 0) is 6.54 Å². The van der Waals surface area contributed by atoms with Gasteiger partial charge in [0, 0.05) is 18.7 Å². The first-order valence-corrected chi connectivity index (χ1v) is 6.78. The Bertz CT molecular complexity index is 748. The molecule has 116 valence electrons. The van der Waals surface area contributed by atoms with Gasteiger partial charge in [-0.25, -0.2) is 0 Å². The molecule has 2 aromatic carbocycles. The number of terminal acetylenes is 1. The lowest BCUT2D eigenvalue weighted by Gasteiger charge is -2.10. The number of nitrogens with zero attached hydrogens (tertiary/aromatic N) is 1. The highest BCUT2D eigenvalue weighted by Crippen LogP contribution is 2.18. The molecule has 0 spiro atoms. The molecule has 0 aliphatic carbocycles. The molecule has 6 nitrogen and oxygen atoms in total. The van der Waals surface area contributed by atoms with Gasteiger partial charge < -0.3 is 10.1 Å². The van der Waals surface area contributed by atoms with Crippen molar-refractivity contribution in [3.05, 3.63) is 69.8 Å². The lowest BCUT2D eigenvalue weighted by Crippen LogP contribution is -2.23. The summed E-state index contributed by atoms with van der Waals surface area (Å²) in [5, 5.41) is 13.3. The van der Waals surface area contributed by atoms with E-state index < -0.39 is 4.92 Å². The van der Waals surface area contributed by atoms with Crippen molar-refractivity contribution in [1.29, 1.82) is 0 Å². The molecule has 0 saturated heterocycles. The summed E-state index contributed by atoms with van der Waals surface area (Å²) >= 11 is 0. The molecule has 0 saturated carbocycles. The smallest absolute Gasteiger partial charge is 0.269 e. The van der Waals surface area contributed by atoms with Crippen LogP contribution in [0.15, 0.2) is 48.5 Å². The topological polar surface area (TPSA) is 81.5 Å². The van der Waals surface area contributed by atoms with Gasteiger partial charge in [-0.05, 0) is 17.7 Å². The van der Waals surface area contributed by atoms with Crippen molar-refractivity contribution in [3.8, 4) is 18.1 Å². The van der Waals surface area contributed by atoms with E-state index in [0.717, 1.165) is 5.56 Å². The molecule has 0 atom stereocenters. The van der Waals surface area contributed by atoms with Crippen LogP contribution < -0.4 is 10.1 Å². The minimum absolute atomic E-state index is 0.00751. The average Bonchev–Trinajstić information content (AvgIpc) is 2.58. The number of nitrogens with one attached hydrogen (secondary N) is 1. The summed E-state index contributed by atoms with van der Waals surface area (Å²) in [6.45, 7) is 0.326. The second-order valence-corrected chi connectivity index (χ2v) is 4.60. The summed E-state index contributed by atoms with van der Waals surface area (Å²) in [6, 6.07) is 12.8. The number of carbonyl (C=O) groups excluding carboxylic acids is 1. The maximum Gasteiger partial charge on any atom is 0.269 e. The molecular formula is C17H14N2O4. The van der Waals surface area contributed by atoms with Gasteiger partial charge in [0.1, 0.15) is 12.4 Å². The number of hydrogen-bond acceptors (Lipinski definition) is 4. The lowest BCUT2D eigenvalue weighted by molar-refractivity contribution is -0.384. The number of hydrogen-bond donors (Lipinski definition) is 1. The zero-order valence-corrected chi connectivity index (χ0v) is 12.2. The highest BCUT2D eigenvalue weighted by molar-refractivity contribution is 5.96. The molecule has 0 bridgehead atoms. The fraction of sp³-hybridized carbons (Fsp3) is 0.118. The lowest BCUT2D eigenvalue weighted by atomic mass is 10.1. The first kappa shape index (κ1) is 16.0. The Morgan fingerprint density at radius 3 is 2.57 bits per heavy atom. The fourth-order valence-electron chi connectivity index (χ4n) is 1.91. The number of nitro benzene ring substituents is 1. The Morgan fingerprint density at radius 2 is 1.91 bits per heavy atom. The van der Waals surface area contributed by atoms with Gasteiger partial charge in [0.05, 0.1) is 10.5 Å². The van der Waals surface area contributed by atoms with Crippen LogP contribution in [0.3, 0.4) is 0 Å². The second-order valence-electron chi connectivity index (χ2n) is 4.60. The molecule has 0 aromatic heterocycles. The largest absolute Gasteiger partial charge is 0.480 e. The molecule has 0 unspecified atom stereocenters. The number of benzene rings is 2. The van der Waals surface area contributed by atoms with Crippen molar-refractivity contribution in [2.24, 2.45) is 0 Å². The van der Waals surface area contributed by atoms with E-state index in [0.29, 0.717) is 11.3 Å². The Labute approximate surface area is 133 Å². The van der Waals surface area contributed by atoms with E-state index in [-0.39, 0.29) is 24.7 Å². The van der Waals surface area contributed by atoms with E-state index in [9.17, 15) is 14.9 Å². The molecule has 0 aliphatic heterocycles. The Kier molecular flexibility index (Phi) is 5.31. The molecule has 2 aromatic rings. The van der Waals surface area contributed by atoms with Crippen LogP contribution in [0, 0.1) is 22.5 Å². The number of carbonyl (C=O) groups is 1. The standard InChI is InChI=1S/C17H14N2O4/c1-2-11-23-16-6-4-3-5-15(16)17(20)18-12-13-7-9-14(10-8-13)19(21)22/h1,3-10H,11-12H2,(H,18,20). The van der Waals surface area contributed by atoms with Crippen molar-refractivity contribution in [3.63, 3.8) is 0 Å². The van der Waals surface area contributed by atoms with Crippen molar-refractivity contribution >= 4 is 11.6 Å². The van der Waals surface area contributed by atoms with Crippen LogP contribution in [0.25, 0.3) is 0 Å². The van der Waals surface area contributed by atoms with Gasteiger partial charge in [-0.1, -0.05) is 30.2 Å². The van der Waals surface area contributed by atoms with Crippen LogP contribution in [0.1, 0.15) is 15.9 Å². The summed E-state index contributed by atoms with van der Waals surface area (Å²) in [4.78, 5) is 22.4. The van der Waals surface area contributed by atoms with Gasteiger partial charge in [0.15, 0.2) is 0 Å². The quantitative estimate of drug-likeness (QED) is 0.505. The van der Waals surface area contributed by atoms with Gasteiger partial charge >= 0.3 is 0 Å². The molecular weight excluding hydrogens is 296 g/mol. The first-order chi connectivity index (χ1) is 11.1. The maximum atomic E-state index is 12.2. The van der Waals surface area contributed by atoms with Gasteiger partial charge in [-0.15, -0.1) is 6.42 Å². The van der Waals surface area contributed by atoms with Crippen molar-refractivity contribution in [2.45, 2.75) is 6.54 Å². The third-order valence-corrected chi connectivity index (χ3v) is 3.04. The predicted octanol–water partition coefficient (Wildman–Crippen LogP) is 2.54. The first-order valence-electron chi connectivity index (χ1n) is 6.78. The van der Waals surface area contributed by atoms with Crippen molar-refractivity contribution in [1.82, 2.24) is 5.32 Å². The highest BCUT2D eigenvalue weighted by atomic mass is 16.6. The van der Waals surface area contributed by atoms with Gasteiger partial charge in [0.2, 0.25) is 0 Å². The fourth-order valence-corrected chi connectivity index (χ4v) is 1.91. The molecule has 0 heterocycles. The van der Waals surface area contributed by atoms with Crippen LogP contribution in [0.4, 0.5) is 5.69 Å². The number of non-ortho nitro benzene ring substituents is 1. The predicted molar refractivity (Wildman–Crippen MR) is 85.0 cm³/mol. The number of nitro groups is 1. The SMILES string of the molecule is C#CCOc1ccccc1C(=O)NCc1ccc([N+](=O)[O-])cc1. The van der Waals surface area contributed by atoms with Crippen molar-refractivity contribution in [2.75, 3.05) is 6.61 Å². The number of ether oxygens (including phenoxy) is 1. The van der Waals surface area contributed by atoms with Crippen LogP contribution in [-0.4, -0.2) is 17.4 Å². The average molecular weight is 310 g/mol. The van der Waals surface area contributed by atoms with Gasteiger partial charge in [0.25, 0.3) is 11.6 Å². The van der Waals surface area contributed by atoms with E-state index in [2.05, 4.69) is 11.2 Å². The molecule has 23 heavy (non-hydrogen) atoms. The third kappa shape index (κ3) is 4.32. The zero-order chi connectivity index (χ0) is 16.7. The minimum Gasteiger partial charge on any atom is -0.480 e. The molecule has 0 radical (unpaired) electrons. The van der Waals surface area contributed by atoms with E-state index in [4.69, 9.17) is 11.2 Å². The number of para-hydroxylation sites is 1.